The summed E-state index contributed by atoms with van der Waals surface area (Å²) in [5, 5.41) is 12.3. The SMILES string of the molecule is Cc1cc(C(=O)NC2(C#N)CCC(C)CC2)c(C)o1. The number of nitrogens with zero attached hydrogens (tertiary/aromatic N) is 1. The molecule has 2 rings (SSSR count). The van der Waals surface area contributed by atoms with Crippen molar-refractivity contribution >= 4 is 5.91 Å². The summed E-state index contributed by atoms with van der Waals surface area (Å²) in [4.78, 5) is 12.3. The summed E-state index contributed by atoms with van der Waals surface area (Å²) in [6.07, 6.45) is 3.42. The summed E-state index contributed by atoms with van der Waals surface area (Å²) < 4.78 is 5.36. The predicted octanol–water partition coefficient (Wildman–Crippen LogP) is 3.10. The number of carbonyl (C=O) groups is 1. The summed E-state index contributed by atoms with van der Waals surface area (Å²) in [7, 11) is 0. The molecule has 1 aliphatic carbocycles. The molecule has 1 heterocycles. The minimum absolute atomic E-state index is 0.203. The van der Waals surface area contributed by atoms with Gasteiger partial charge in [0.25, 0.3) is 5.91 Å². The number of hydrogen-bond acceptors (Lipinski definition) is 3. The van der Waals surface area contributed by atoms with Gasteiger partial charge in [0.05, 0.1) is 11.6 Å². The first-order valence-electron chi connectivity index (χ1n) is 6.76. The monoisotopic (exact) mass is 260 g/mol. The molecule has 0 aliphatic heterocycles. The van der Waals surface area contributed by atoms with Crippen LogP contribution in [0.3, 0.4) is 0 Å². The summed E-state index contributed by atoms with van der Waals surface area (Å²) in [5.41, 5.74) is -0.174. The van der Waals surface area contributed by atoms with E-state index in [0.29, 0.717) is 23.0 Å². The highest BCUT2D eigenvalue weighted by Crippen LogP contribution is 2.31. The van der Waals surface area contributed by atoms with E-state index in [1.165, 1.54) is 0 Å². The standard InChI is InChI=1S/C15H20N2O2/c1-10-4-6-15(9-16,7-5-10)17-14(18)13-8-11(2)19-12(13)3/h8,10H,4-7H2,1-3H3,(H,17,18). The average molecular weight is 260 g/mol. The Kier molecular flexibility index (Phi) is 3.66. The van der Waals surface area contributed by atoms with Crippen LogP contribution >= 0.6 is 0 Å². The van der Waals surface area contributed by atoms with Crippen LogP contribution in [0.25, 0.3) is 0 Å². The first kappa shape index (κ1) is 13.7. The number of nitriles is 1. The molecule has 1 amide bonds. The van der Waals surface area contributed by atoms with E-state index in [1.807, 2.05) is 6.92 Å². The molecule has 4 heteroatoms. The molecule has 1 aromatic rings. The minimum Gasteiger partial charge on any atom is -0.466 e. The zero-order valence-corrected chi connectivity index (χ0v) is 11.7. The fourth-order valence-electron chi connectivity index (χ4n) is 2.66. The van der Waals surface area contributed by atoms with Crippen LogP contribution in [-0.4, -0.2) is 11.4 Å². The molecule has 0 spiro atoms. The maximum atomic E-state index is 12.3. The second kappa shape index (κ2) is 5.08. The van der Waals surface area contributed by atoms with Crippen LogP contribution < -0.4 is 5.32 Å². The molecule has 1 N–H and O–H groups in total. The lowest BCUT2D eigenvalue weighted by atomic mass is 9.78. The highest BCUT2D eigenvalue weighted by molar-refractivity contribution is 5.96. The Morgan fingerprint density at radius 1 is 1.47 bits per heavy atom. The van der Waals surface area contributed by atoms with Gasteiger partial charge in [0.1, 0.15) is 17.1 Å². The fraction of sp³-hybridized carbons (Fsp3) is 0.600. The summed E-state index contributed by atoms with van der Waals surface area (Å²) in [6, 6.07) is 4.03. The highest BCUT2D eigenvalue weighted by Gasteiger charge is 2.36. The summed E-state index contributed by atoms with van der Waals surface area (Å²) >= 11 is 0. The number of hydrogen-bond donors (Lipinski definition) is 1. The second-order valence-corrected chi connectivity index (χ2v) is 5.66. The van der Waals surface area contributed by atoms with E-state index in [4.69, 9.17) is 4.42 Å². The molecule has 0 unspecified atom stereocenters. The molecule has 0 saturated heterocycles. The van der Waals surface area contributed by atoms with Crippen molar-refractivity contribution in [2.75, 3.05) is 0 Å². The average Bonchev–Trinajstić information content (AvgIpc) is 2.72. The number of nitrogens with one attached hydrogen (secondary N) is 1. The molecular formula is C15H20N2O2. The Morgan fingerprint density at radius 2 is 2.11 bits per heavy atom. The van der Waals surface area contributed by atoms with Gasteiger partial charge < -0.3 is 9.73 Å². The fourth-order valence-corrected chi connectivity index (χ4v) is 2.66. The quantitative estimate of drug-likeness (QED) is 0.888. The van der Waals surface area contributed by atoms with Crippen LogP contribution in [0.4, 0.5) is 0 Å². The van der Waals surface area contributed by atoms with E-state index in [9.17, 15) is 10.1 Å². The van der Waals surface area contributed by atoms with E-state index in [2.05, 4.69) is 18.3 Å². The highest BCUT2D eigenvalue weighted by atomic mass is 16.3. The number of aryl methyl sites for hydroxylation is 2. The Morgan fingerprint density at radius 3 is 2.58 bits per heavy atom. The van der Waals surface area contributed by atoms with Crippen molar-refractivity contribution in [2.45, 2.75) is 52.0 Å². The van der Waals surface area contributed by atoms with Gasteiger partial charge in [-0.05, 0) is 51.5 Å². The predicted molar refractivity (Wildman–Crippen MR) is 71.6 cm³/mol. The maximum Gasteiger partial charge on any atom is 0.256 e. The van der Waals surface area contributed by atoms with E-state index < -0.39 is 5.54 Å². The van der Waals surface area contributed by atoms with Gasteiger partial charge >= 0.3 is 0 Å². The topological polar surface area (TPSA) is 66.0 Å². The van der Waals surface area contributed by atoms with Crippen molar-refractivity contribution in [3.63, 3.8) is 0 Å². The Hall–Kier alpha value is -1.76. The zero-order chi connectivity index (χ0) is 14.0. The van der Waals surface area contributed by atoms with Crippen LogP contribution in [0.5, 0.6) is 0 Å². The number of carbonyl (C=O) groups excluding carboxylic acids is 1. The van der Waals surface area contributed by atoms with Gasteiger partial charge in [0.15, 0.2) is 0 Å². The molecule has 0 aromatic carbocycles. The molecule has 1 fully saturated rings. The molecule has 4 nitrogen and oxygen atoms in total. The van der Waals surface area contributed by atoms with Gasteiger partial charge in [-0.2, -0.15) is 5.26 Å². The Bertz CT molecular complexity index is 517. The van der Waals surface area contributed by atoms with Gasteiger partial charge in [-0.15, -0.1) is 0 Å². The molecule has 1 aliphatic rings. The third-order valence-electron chi connectivity index (χ3n) is 3.98. The second-order valence-electron chi connectivity index (χ2n) is 5.66. The third kappa shape index (κ3) is 2.81. The van der Waals surface area contributed by atoms with Crippen molar-refractivity contribution in [3.8, 4) is 6.07 Å². The van der Waals surface area contributed by atoms with Crippen molar-refractivity contribution in [1.82, 2.24) is 5.32 Å². The van der Waals surface area contributed by atoms with E-state index in [-0.39, 0.29) is 5.91 Å². The van der Waals surface area contributed by atoms with Gasteiger partial charge in [-0.1, -0.05) is 6.92 Å². The molecule has 1 saturated carbocycles. The van der Waals surface area contributed by atoms with Crippen molar-refractivity contribution < 1.29 is 9.21 Å². The lowest BCUT2D eigenvalue weighted by molar-refractivity contribution is 0.0892. The van der Waals surface area contributed by atoms with Gasteiger partial charge in [-0.3, -0.25) is 4.79 Å². The smallest absolute Gasteiger partial charge is 0.256 e. The van der Waals surface area contributed by atoms with Crippen LogP contribution in [-0.2, 0) is 0 Å². The molecule has 0 bridgehead atoms. The number of rotatable bonds is 2. The molecule has 102 valence electrons. The lowest BCUT2D eigenvalue weighted by Crippen LogP contribution is -2.49. The summed E-state index contributed by atoms with van der Waals surface area (Å²) in [6.45, 7) is 5.77. The first-order chi connectivity index (χ1) is 8.96. The molecule has 0 atom stereocenters. The van der Waals surface area contributed by atoms with Gasteiger partial charge in [-0.25, -0.2) is 0 Å². The summed E-state index contributed by atoms with van der Waals surface area (Å²) in [5.74, 6) is 1.75. The van der Waals surface area contributed by atoms with Crippen molar-refractivity contribution in [1.29, 1.82) is 5.26 Å². The third-order valence-corrected chi connectivity index (χ3v) is 3.98. The van der Waals surface area contributed by atoms with E-state index >= 15 is 0 Å². The Labute approximate surface area is 113 Å². The molecule has 19 heavy (non-hydrogen) atoms. The maximum absolute atomic E-state index is 12.3. The van der Waals surface area contributed by atoms with Crippen LogP contribution in [0.1, 0.15) is 54.5 Å². The van der Waals surface area contributed by atoms with Crippen molar-refractivity contribution in [2.24, 2.45) is 5.92 Å². The molecule has 0 radical (unpaired) electrons. The minimum atomic E-state index is -0.707. The normalized spacial score (nSPS) is 26.7. The zero-order valence-electron chi connectivity index (χ0n) is 11.7. The van der Waals surface area contributed by atoms with Gasteiger partial charge in [0.2, 0.25) is 0 Å². The number of furan rings is 1. The number of amides is 1. The first-order valence-corrected chi connectivity index (χ1v) is 6.76. The van der Waals surface area contributed by atoms with E-state index in [0.717, 1.165) is 25.7 Å². The molecular weight excluding hydrogens is 240 g/mol. The molecule has 1 aromatic heterocycles. The lowest BCUT2D eigenvalue weighted by Gasteiger charge is -2.34. The van der Waals surface area contributed by atoms with Crippen molar-refractivity contribution in [3.05, 3.63) is 23.2 Å². The van der Waals surface area contributed by atoms with Crippen LogP contribution in [0.15, 0.2) is 10.5 Å². The van der Waals surface area contributed by atoms with Crippen LogP contribution in [0.2, 0.25) is 0 Å². The Balaban J connectivity index is 2.13. The largest absolute Gasteiger partial charge is 0.466 e. The van der Waals surface area contributed by atoms with Gasteiger partial charge in [0, 0.05) is 0 Å². The van der Waals surface area contributed by atoms with E-state index in [1.54, 1.807) is 13.0 Å². The van der Waals surface area contributed by atoms with Crippen LogP contribution in [0, 0.1) is 31.1 Å².